The fraction of sp³-hybridized carbons (Fsp3) is 0.250. The van der Waals surface area contributed by atoms with E-state index < -0.39 is 5.97 Å². The lowest BCUT2D eigenvalue weighted by molar-refractivity contribution is 0.0697. The molecular weight excluding hydrogens is 252 g/mol. The maximum atomic E-state index is 10.7. The van der Waals surface area contributed by atoms with E-state index in [1.807, 2.05) is 6.92 Å². The van der Waals surface area contributed by atoms with Crippen LogP contribution >= 0.6 is 11.8 Å². The summed E-state index contributed by atoms with van der Waals surface area (Å²) < 4.78 is 5.38. The van der Waals surface area contributed by atoms with Gasteiger partial charge >= 0.3 is 5.97 Å². The summed E-state index contributed by atoms with van der Waals surface area (Å²) in [6.07, 6.45) is 0.727. The lowest BCUT2D eigenvalue weighted by atomic mass is 10.2. The largest absolute Gasteiger partial charge is 0.478 e. The van der Waals surface area contributed by atoms with Crippen LogP contribution in [0.1, 0.15) is 29.1 Å². The number of thioether (sulfide) groups is 1. The molecule has 0 spiro atoms. The molecule has 0 aliphatic rings. The minimum atomic E-state index is -0.920. The second-order valence-electron chi connectivity index (χ2n) is 3.56. The fourth-order valence-electron chi connectivity index (χ4n) is 1.33. The molecule has 1 aromatic heterocycles. The number of aromatic carboxylic acids is 1. The van der Waals surface area contributed by atoms with Gasteiger partial charge in [-0.15, -0.1) is 22.0 Å². The van der Waals surface area contributed by atoms with Crippen LogP contribution in [0.5, 0.6) is 0 Å². The van der Waals surface area contributed by atoms with Gasteiger partial charge in [0.15, 0.2) is 0 Å². The molecule has 2 aromatic rings. The Kier molecular flexibility index (Phi) is 3.99. The van der Waals surface area contributed by atoms with Crippen molar-refractivity contribution in [3.05, 3.63) is 41.6 Å². The quantitative estimate of drug-likeness (QED) is 0.836. The van der Waals surface area contributed by atoms with Crippen LogP contribution < -0.4 is 0 Å². The molecule has 0 saturated heterocycles. The Morgan fingerprint density at radius 3 is 2.50 bits per heavy atom. The van der Waals surface area contributed by atoms with E-state index in [9.17, 15) is 4.79 Å². The summed E-state index contributed by atoms with van der Waals surface area (Å²) in [5.41, 5.74) is 0.283. The fourth-order valence-corrected chi connectivity index (χ4v) is 2.06. The number of carboxylic acids is 1. The number of carboxylic acid groups (broad SMARTS) is 1. The molecule has 0 amide bonds. The van der Waals surface area contributed by atoms with Gasteiger partial charge in [0.05, 0.1) is 11.3 Å². The summed E-state index contributed by atoms with van der Waals surface area (Å²) in [6, 6.07) is 6.70. The van der Waals surface area contributed by atoms with E-state index in [0.717, 1.165) is 11.3 Å². The van der Waals surface area contributed by atoms with Crippen molar-refractivity contribution in [2.75, 3.05) is 0 Å². The zero-order valence-corrected chi connectivity index (χ0v) is 10.6. The van der Waals surface area contributed by atoms with Gasteiger partial charge in [-0.3, -0.25) is 0 Å². The summed E-state index contributed by atoms with van der Waals surface area (Å²) >= 11 is 1.53. The number of rotatable bonds is 5. The van der Waals surface area contributed by atoms with E-state index in [4.69, 9.17) is 9.52 Å². The smallest absolute Gasteiger partial charge is 0.335 e. The second kappa shape index (κ2) is 5.68. The van der Waals surface area contributed by atoms with Crippen LogP contribution in [0.4, 0.5) is 0 Å². The zero-order valence-electron chi connectivity index (χ0n) is 9.79. The summed E-state index contributed by atoms with van der Waals surface area (Å²) in [6.45, 7) is 1.95. The highest BCUT2D eigenvalue weighted by Gasteiger charge is 2.06. The normalized spacial score (nSPS) is 10.5. The molecule has 94 valence electrons. The van der Waals surface area contributed by atoms with Gasteiger partial charge in [0, 0.05) is 11.3 Å². The van der Waals surface area contributed by atoms with Crippen molar-refractivity contribution >= 4 is 17.7 Å². The average molecular weight is 264 g/mol. The predicted molar refractivity (Wildman–Crippen MR) is 66.6 cm³/mol. The van der Waals surface area contributed by atoms with Gasteiger partial charge in [-0.05, 0) is 24.3 Å². The first-order valence-corrected chi connectivity index (χ1v) is 6.45. The monoisotopic (exact) mass is 264 g/mol. The molecule has 1 heterocycles. The molecule has 0 aliphatic heterocycles. The molecule has 6 heteroatoms. The minimum Gasteiger partial charge on any atom is -0.478 e. The molecule has 0 aliphatic carbocycles. The summed E-state index contributed by atoms with van der Waals surface area (Å²) in [4.78, 5) is 11.7. The molecule has 0 fully saturated rings. The van der Waals surface area contributed by atoms with E-state index in [1.54, 1.807) is 24.3 Å². The first-order chi connectivity index (χ1) is 8.69. The number of hydrogen-bond donors (Lipinski definition) is 1. The third kappa shape index (κ3) is 3.10. The third-order valence-corrected chi connectivity index (χ3v) is 3.27. The van der Waals surface area contributed by atoms with Gasteiger partial charge in [-0.1, -0.05) is 6.92 Å². The summed E-state index contributed by atoms with van der Waals surface area (Å²) in [5, 5.41) is 16.6. The second-order valence-corrected chi connectivity index (χ2v) is 4.61. The number of aryl methyl sites for hydroxylation is 1. The van der Waals surface area contributed by atoms with Crippen molar-refractivity contribution in [2.24, 2.45) is 0 Å². The molecule has 0 atom stereocenters. The molecule has 0 bridgehead atoms. The first kappa shape index (κ1) is 12.6. The van der Waals surface area contributed by atoms with E-state index in [0.29, 0.717) is 17.5 Å². The highest BCUT2D eigenvalue weighted by molar-refractivity contribution is 7.98. The van der Waals surface area contributed by atoms with Crippen LogP contribution in [0.15, 0.2) is 33.6 Å². The Morgan fingerprint density at radius 1 is 1.28 bits per heavy atom. The highest BCUT2D eigenvalue weighted by atomic mass is 32.2. The minimum absolute atomic E-state index is 0.283. The van der Waals surface area contributed by atoms with Gasteiger partial charge < -0.3 is 9.52 Å². The average Bonchev–Trinajstić information content (AvgIpc) is 2.85. The number of benzene rings is 1. The van der Waals surface area contributed by atoms with Crippen molar-refractivity contribution in [3.8, 4) is 0 Å². The van der Waals surface area contributed by atoms with Crippen molar-refractivity contribution < 1.29 is 14.3 Å². The maximum Gasteiger partial charge on any atom is 0.335 e. The van der Waals surface area contributed by atoms with Crippen LogP contribution in [-0.2, 0) is 12.2 Å². The summed E-state index contributed by atoms with van der Waals surface area (Å²) in [5.74, 6) is 0.876. The van der Waals surface area contributed by atoms with Crippen molar-refractivity contribution in [1.82, 2.24) is 10.2 Å². The molecule has 1 N–H and O–H groups in total. The third-order valence-electron chi connectivity index (χ3n) is 2.27. The molecule has 1 aromatic carbocycles. The van der Waals surface area contributed by atoms with Crippen LogP contribution in [-0.4, -0.2) is 21.3 Å². The van der Waals surface area contributed by atoms with Crippen molar-refractivity contribution in [3.63, 3.8) is 0 Å². The number of nitrogens with zero attached hydrogens (tertiary/aromatic N) is 2. The van der Waals surface area contributed by atoms with E-state index >= 15 is 0 Å². The van der Waals surface area contributed by atoms with Crippen molar-refractivity contribution in [2.45, 2.75) is 24.0 Å². The van der Waals surface area contributed by atoms with Gasteiger partial charge in [-0.2, -0.15) is 0 Å². The van der Waals surface area contributed by atoms with Gasteiger partial charge in [0.2, 0.25) is 11.8 Å². The number of hydrogen-bond acceptors (Lipinski definition) is 5. The molecule has 0 unspecified atom stereocenters. The van der Waals surface area contributed by atoms with Crippen LogP contribution in [0.25, 0.3) is 0 Å². The molecular formula is C12H12N2O3S. The van der Waals surface area contributed by atoms with E-state index in [-0.39, 0.29) is 5.56 Å². The molecule has 18 heavy (non-hydrogen) atoms. The standard InChI is InChI=1S/C12H12N2O3S/c1-2-10-13-14-11(17-10)7-18-9-5-3-8(4-6-9)12(15)16/h3-6H,2,7H2,1H3,(H,15,16). The SMILES string of the molecule is CCc1nnc(CSc2ccc(C(=O)O)cc2)o1. The molecule has 0 saturated carbocycles. The van der Waals surface area contributed by atoms with Gasteiger partial charge in [0.1, 0.15) is 0 Å². The van der Waals surface area contributed by atoms with Gasteiger partial charge in [0.25, 0.3) is 0 Å². The van der Waals surface area contributed by atoms with Crippen LogP contribution in [0.3, 0.4) is 0 Å². The molecule has 5 nitrogen and oxygen atoms in total. The lowest BCUT2D eigenvalue weighted by Gasteiger charge is -1.99. The van der Waals surface area contributed by atoms with E-state index in [1.165, 1.54) is 11.8 Å². The lowest BCUT2D eigenvalue weighted by Crippen LogP contribution is -1.94. The molecule has 2 rings (SSSR count). The Hall–Kier alpha value is -1.82. The van der Waals surface area contributed by atoms with Gasteiger partial charge in [-0.25, -0.2) is 4.79 Å². The Labute approximate surface area is 108 Å². The molecule has 0 radical (unpaired) electrons. The topological polar surface area (TPSA) is 76.2 Å². The number of aromatic nitrogens is 2. The Bertz CT molecular complexity index is 537. The van der Waals surface area contributed by atoms with Crippen molar-refractivity contribution in [1.29, 1.82) is 0 Å². The highest BCUT2D eigenvalue weighted by Crippen LogP contribution is 2.22. The zero-order chi connectivity index (χ0) is 13.0. The first-order valence-electron chi connectivity index (χ1n) is 5.46. The summed E-state index contributed by atoms with van der Waals surface area (Å²) in [7, 11) is 0. The Morgan fingerprint density at radius 2 is 1.94 bits per heavy atom. The maximum absolute atomic E-state index is 10.7. The predicted octanol–water partition coefficient (Wildman–Crippen LogP) is 2.62. The van der Waals surface area contributed by atoms with Crippen LogP contribution in [0.2, 0.25) is 0 Å². The number of carbonyl (C=O) groups is 1. The Balaban J connectivity index is 1.95. The van der Waals surface area contributed by atoms with E-state index in [2.05, 4.69) is 10.2 Å². The van der Waals surface area contributed by atoms with Crippen LogP contribution in [0, 0.1) is 0 Å².